The maximum atomic E-state index is 13.0. The summed E-state index contributed by atoms with van der Waals surface area (Å²) in [4.78, 5) is 26.0. The zero-order chi connectivity index (χ0) is 32.9. The molecule has 4 heteroatoms. The summed E-state index contributed by atoms with van der Waals surface area (Å²) in [5, 5.41) is 0. The van der Waals surface area contributed by atoms with E-state index in [2.05, 4.69) is 42.5 Å². The minimum Gasteiger partial charge on any atom is -0.426 e. The summed E-state index contributed by atoms with van der Waals surface area (Å²) in [5.74, 6) is 6.63. The van der Waals surface area contributed by atoms with Gasteiger partial charge in [0.25, 0.3) is 0 Å². The van der Waals surface area contributed by atoms with Crippen molar-refractivity contribution in [1.29, 1.82) is 0 Å². The maximum Gasteiger partial charge on any atom is 0.308 e. The zero-order valence-corrected chi connectivity index (χ0v) is 28.9. The van der Waals surface area contributed by atoms with E-state index in [-0.39, 0.29) is 35.6 Å². The number of hydrogen-bond acceptors (Lipinski definition) is 4. The first kappa shape index (κ1) is 27.8. The fourth-order valence-corrected chi connectivity index (χ4v) is 14.8. The van der Waals surface area contributed by atoms with E-state index >= 15 is 0 Å². The highest BCUT2D eigenvalue weighted by Gasteiger charge is 2.59. The number of ether oxygens (including phenoxy) is 2. The molecule has 0 radical (unpaired) electrons. The topological polar surface area (TPSA) is 52.6 Å². The van der Waals surface area contributed by atoms with Crippen LogP contribution in [0.25, 0.3) is 0 Å². The van der Waals surface area contributed by atoms with Crippen LogP contribution in [0.4, 0.5) is 0 Å². The molecule has 8 bridgehead atoms. The third kappa shape index (κ3) is 3.11. The van der Waals surface area contributed by atoms with Crippen LogP contribution in [-0.2, 0) is 9.59 Å². The first-order valence-electron chi connectivity index (χ1n) is 19.8. The zero-order valence-electron chi connectivity index (χ0n) is 28.9. The van der Waals surface area contributed by atoms with Crippen LogP contribution in [0.5, 0.6) is 11.5 Å². The molecule has 0 saturated heterocycles. The van der Waals surface area contributed by atoms with Crippen molar-refractivity contribution < 1.29 is 19.1 Å². The molecule has 10 aliphatic rings. The van der Waals surface area contributed by atoms with Crippen molar-refractivity contribution in [1.82, 2.24) is 0 Å². The number of hydrogen-bond donors (Lipinski definition) is 0. The minimum atomic E-state index is -0.251. The number of rotatable bonds is 2. The van der Waals surface area contributed by atoms with Crippen molar-refractivity contribution in [3.05, 3.63) is 115 Å². The van der Waals surface area contributed by atoms with E-state index in [1.54, 1.807) is 41.7 Å². The predicted octanol–water partition coefficient (Wildman–Crippen LogP) is 10.0. The van der Waals surface area contributed by atoms with Crippen molar-refractivity contribution in [2.75, 3.05) is 0 Å². The first-order chi connectivity index (χ1) is 24.4. The Morgan fingerprint density at radius 3 is 1.80 bits per heavy atom. The van der Waals surface area contributed by atoms with Crippen LogP contribution >= 0.6 is 0 Å². The van der Waals surface area contributed by atoms with Gasteiger partial charge in [-0.1, -0.05) is 66.5 Å². The van der Waals surface area contributed by atoms with Crippen LogP contribution in [0.1, 0.15) is 175 Å². The molecule has 3 aromatic carbocycles. The summed E-state index contributed by atoms with van der Waals surface area (Å²) in [6.07, 6.45) is 13.8. The number of allylic oxidation sites excluding steroid dienone is 4. The molecule has 50 heavy (non-hydrogen) atoms. The summed E-state index contributed by atoms with van der Waals surface area (Å²) >= 11 is 0. The van der Waals surface area contributed by atoms with Gasteiger partial charge in [-0.2, -0.15) is 0 Å². The lowest BCUT2D eigenvalue weighted by Crippen LogP contribution is -2.26. The molecule has 11 atom stereocenters. The number of carbonyl (C=O) groups excluding carboxylic acids is 2. The summed E-state index contributed by atoms with van der Waals surface area (Å²) in [6, 6.07) is 14.3. The number of fused-ring (bicyclic) bond motifs is 31. The van der Waals surface area contributed by atoms with Gasteiger partial charge in [0.2, 0.25) is 0 Å². The Labute approximate surface area is 293 Å². The van der Waals surface area contributed by atoms with Crippen LogP contribution in [0.15, 0.2) is 59.2 Å². The Bertz CT molecular complexity index is 2250. The fraction of sp³-hybridized carbons (Fsp3) is 0.478. The van der Waals surface area contributed by atoms with Crippen molar-refractivity contribution >= 4 is 11.9 Å². The Kier molecular flexibility index (Phi) is 5.06. The highest BCUT2D eigenvalue weighted by Crippen LogP contribution is 2.74. The quantitative estimate of drug-likeness (QED) is 0.203. The van der Waals surface area contributed by atoms with Gasteiger partial charge in [0.1, 0.15) is 11.5 Å². The second kappa shape index (κ2) is 9.11. The lowest BCUT2D eigenvalue weighted by Gasteiger charge is -2.38. The number of esters is 2. The van der Waals surface area contributed by atoms with E-state index in [9.17, 15) is 9.59 Å². The molecule has 0 aromatic heterocycles. The van der Waals surface area contributed by atoms with Crippen molar-refractivity contribution in [3.8, 4) is 11.5 Å². The van der Waals surface area contributed by atoms with Crippen LogP contribution in [0, 0.1) is 17.8 Å². The van der Waals surface area contributed by atoms with Crippen molar-refractivity contribution in [2.24, 2.45) is 17.8 Å². The molecule has 3 saturated carbocycles. The summed E-state index contributed by atoms with van der Waals surface area (Å²) in [7, 11) is 0. The molecular formula is C46H42O4. The van der Waals surface area contributed by atoms with E-state index in [1.165, 1.54) is 66.4 Å². The smallest absolute Gasteiger partial charge is 0.308 e. The molecule has 250 valence electrons. The van der Waals surface area contributed by atoms with E-state index in [0.717, 1.165) is 71.1 Å². The van der Waals surface area contributed by atoms with Gasteiger partial charge in [-0.15, -0.1) is 0 Å². The molecular weight excluding hydrogens is 617 g/mol. The van der Waals surface area contributed by atoms with E-state index in [1.807, 2.05) is 0 Å². The predicted molar refractivity (Wildman–Crippen MR) is 189 cm³/mol. The normalized spacial score (nSPS) is 37.1. The third-order valence-electron chi connectivity index (χ3n) is 16.1. The highest BCUT2D eigenvalue weighted by molar-refractivity contribution is 5.82. The van der Waals surface area contributed by atoms with E-state index in [4.69, 9.17) is 9.47 Å². The second-order valence-electron chi connectivity index (χ2n) is 17.8. The van der Waals surface area contributed by atoms with Gasteiger partial charge >= 0.3 is 11.9 Å². The average molecular weight is 659 g/mol. The second-order valence-corrected chi connectivity index (χ2v) is 17.8. The van der Waals surface area contributed by atoms with E-state index < -0.39 is 0 Å². The molecule has 13 rings (SSSR count). The van der Waals surface area contributed by atoms with Gasteiger partial charge in [0, 0.05) is 65.7 Å². The van der Waals surface area contributed by atoms with Gasteiger partial charge in [0.05, 0.1) is 0 Å². The lowest BCUT2D eigenvalue weighted by molar-refractivity contribution is -0.133. The maximum absolute atomic E-state index is 13.0. The summed E-state index contributed by atoms with van der Waals surface area (Å²) in [5.41, 5.74) is 18.7. The van der Waals surface area contributed by atoms with Gasteiger partial charge in [-0.3, -0.25) is 9.59 Å². The molecule has 4 nitrogen and oxygen atoms in total. The molecule has 0 heterocycles. The summed E-state index contributed by atoms with van der Waals surface area (Å²) < 4.78 is 12.9. The average Bonchev–Trinajstić information content (AvgIpc) is 3.98. The molecule has 0 N–H and O–H groups in total. The van der Waals surface area contributed by atoms with Gasteiger partial charge in [-0.05, 0) is 119 Å². The number of carbonyl (C=O) groups is 2. The minimum absolute atomic E-state index is 0.178. The fourth-order valence-electron chi connectivity index (χ4n) is 14.8. The van der Waals surface area contributed by atoms with E-state index in [0.29, 0.717) is 17.8 Å². The molecule has 3 fully saturated rings. The van der Waals surface area contributed by atoms with Crippen LogP contribution in [0.3, 0.4) is 0 Å². The molecule has 11 unspecified atom stereocenters. The molecule has 10 aliphatic carbocycles. The largest absolute Gasteiger partial charge is 0.426 e. The Hall–Kier alpha value is -3.92. The van der Waals surface area contributed by atoms with Gasteiger partial charge < -0.3 is 9.47 Å². The van der Waals surface area contributed by atoms with Crippen LogP contribution < -0.4 is 9.47 Å². The molecule has 3 aromatic rings. The Morgan fingerprint density at radius 1 is 0.580 bits per heavy atom. The Balaban J connectivity index is 0.986. The summed E-state index contributed by atoms with van der Waals surface area (Å²) in [6.45, 7) is 3.12. The molecule has 0 spiro atoms. The van der Waals surface area contributed by atoms with Crippen LogP contribution in [-0.4, -0.2) is 11.9 Å². The third-order valence-corrected chi connectivity index (χ3v) is 16.1. The standard InChI is InChI=1S/C46H42O4/c1-19(47)49-45-41-37-17-39(35-15-31-27-11-25(29(31)13-33(35)37)21-7-3-5-9-23(21)27)43(41)46(50-20(2)48)44-40-18-38(42(44)45)34-14-30-26-12-28(32(30)16-36(34)40)24-10-6-4-8-22(24)26/h3,5,7,9,13-14,16,22,24-28,35,37-40H,4,6,8,10-12,15,17-18H2,1-2H3. The first-order valence-corrected chi connectivity index (χ1v) is 19.8. The molecule has 0 aliphatic heterocycles. The Morgan fingerprint density at radius 2 is 1.16 bits per heavy atom. The van der Waals surface area contributed by atoms with Crippen molar-refractivity contribution in [2.45, 2.75) is 119 Å². The molecule has 0 amide bonds. The highest BCUT2D eigenvalue weighted by atomic mass is 16.5. The van der Waals surface area contributed by atoms with Crippen LogP contribution in [0.2, 0.25) is 0 Å². The monoisotopic (exact) mass is 658 g/mol. The SMILES string of the molecule is CC(=O)Oc1c2c(c(OC(C)=O)c3c1C1CC3c3cc4c(cc31)C1CC4C3CCCCC13)C1CC2C2=CC3=C(CC21)C1CC3c2ccccc21. The van der Waals surface area contributed by atoms with Gasteiger partial charge in [-0.25, -0.2) is 0 Å². The number of benzene rings is 3. The lowest BCUT2D eigenvalue weighted by atomic mass is 9.67. The van der Waals surface area contributed by atoms with Crippen molar-refractivity contribution in [3.63, 3.8) is 0 Å². The van der Waals surface area contributed by atoms with Gasteiger partial charge in [0.15, 0.2) is 0 Å².